The normalized spacial score (nSPS) is 16.2. The predicted octanol–water partition coefficient (Wildman–Crippen LogP) is 6.41. The number of rotatable bonds is 9. The number of nitriles is 1. The van der Waals surface area contributed by atoms with Crippen LogP contribution in [-0.2, 0) is 22.4 Å². The highest BCUT2D eigenvalue weighted by molar-refractivity contribution is 8.05. The molecule has 0 bridgehead atoms. The minimum atomic E-state index is -0.550. The minimum absolute atomic E-state index is 0.0999. The summed E-state index contributed by atoms with van der Waals surface area (Å²) in [4.78, 5) is 28.4. The Kier molecular flexibility index (Phi) is 8.88. The van der Waals surface area contributed by atoms with Gasteiger partial charge in [0.1, 0.15) is 22.4 Å². The van der Waals surface area contributed by atoms with E-state index < -0.39 is 11.2 Å². The highest BCUT2D eigenvalue weighted by Crippen LogP contribution is 2.42. The number of aryl methyl sites for hydroxylation is 2. The lowest BCUT2D eigenvalue weighted by Crippen LogP contribution is -2.30. The Morgan fingerprint density at radius 1 is 1.03 bits per heavy atom. The second-order valence-corrected chi connectivity index (χ2v) is 10.4. The maximum atomic E-state index is 13.7. The van der Waals surface area contributed by atoms with Crippen molar-refractivity contribution in [3.63, 3.8) is 0 Å². The van der Waals surface area contributed by atoms with Gasteiger partial charge in [0.05, 0.1) is 12.4 Å². The molecule has 0 radical (unpaired) electrons. The highest BCUT2D eigenvalue weighted by atomic mass is 32.2. The standard InChI is InChI=1S/C31H31N3O3S/c1-4-5-6-22-9-11-23(12-10-22)19-28-30(36)34(25-15-17-26(37-3)18-16-25)31(38-28)27(20-32)29(35)33-24-13-7-21(2)8-14-24/h7-18,28H,4-6,19H2,1-3H3,(H,33,35)/b31-27-. The smallest absolute Gasteiger partial charge is 0.269 e. The lowest BCUT2D eigenvalue weighted by atomic mass is 10.0. The summed E-state index contributed by atoms with van der Waals surface area (Å²) in [5.41, 5.74) is 4.43. The number of hydrogen-bond donors (Lipinski definition) is 1. The number of carbonyl (C=O) groups excluding carboxylic acids is 2. The molecular formula is C31H31N3O3S. The van der Waals surface area contributed by atoms with E-state index in [4.69, 9.17) is 4.74 Å². The molecule has 194 valence electrons. The zero-order valence-electron chi connectivity index (χ0n) is 21.9. The van der Waals surface area contributed by atoms with Gasteiger partial charge in [-0.3, -0.25) is 14.5 Å². The van der Waals surface area contributed by atoms with Gasteiger partial charge in [-0.25, -0.2) is 0 Å². The van der Waals surface area contributed by atoms with E-state index >= 15 is 0 Å². The summed E-state index contributed by atoms with van der Waals surface area (Å²) in [5, 5.41) is 12.7. The number of amides is 2. The first kappa shape index (κ1) is 27.0. The molecule has 3 aromatic carbocycles. The number of anilines is 2. The molecule has 1 atom stereocenters. The van der Waals surface area contributed by atoms with Gasteiger partial charge in [0.2, 0.25) is 5.91 Å². The predicted molar refractivity (Wildman–Crippen MR) is 153 cm³/mol. The third-order valence-electron chi connectivity index (χ3n) is 6.41. The van der Waals surface area contributed by atoms with Crippen LogP contribution in [0.2, 0.25) is 0 Å². The molecule has 1 heterocycles. The van der Waals surface area contributed by atoms with E-state index in [-0.39, 0.29) is 11.5 Å². The van der Waals surface area contributed by atoms with Crippen molar-refractivity contribution in [3.05, 3.63) is 100 Å². The minimum Gasteiger partial charge on any atom is -0.497 e. The topological polar surface area (TPSA) is 82.4 Å². The first-order valence-electron chi connectivity index (χ1n) is 12.7. The fourth-order valence-corrected chi connectivity index (χ4v) is 5.53. The van der Waals surface area contributed by atoms with E-state index in [0.717, 1.165) is 30.4 Å². The lowest BCUT2D eigenvalue weighted by Gasteiger charge is -2.19. The molecule has 38 heavy (non-hydrogen) atoms. The van der Waals surface area contributed by atoms with Crippen LogP contribution in [0.5, 0.6) is 5.75 Å². The van der Waals surface area contributed by atoms with E-state index in [1.165, 1.54) is 22.2 Å². The Morgan fingerprint density at radius 2 is 1.68 bits per heavy atom. The van der Waals surface area contributed by atoms with Gasteiger partial charge in [0, 0.05) is 11.4 Å². The van der Waals surface area contributed by atoms with E-state index in [1.807, 2.05) is 19.1 Å². The van der Waals surface area contributed by atoms with Crippen molar-refractivity contribution >= 4 is 35.0 Å². The van der Waals surface area contributed by atoms with E-state index in [9.17, 15) is 14.9 Å². The molecule has 0 spiro atoms. The quantitative estimate of drug-likeness (QED) is 0.258. The van der Waals surface area contributed by atoms with Crippen LogP contribution in [0.15, 0.2) is 83.4 Å². The Labute approximate surface area is 228 Å². The third kappa shape index (κ3) is 6.27. The zero-order chi connectivity index (χ0) is 27.1. The number of benzene rings is 3. The highest BCUT2D eigenvalue weighted by Gasteiger charge is 2.40. The number of thioether (sulfide) groups is 1. The first-order valence-corrected chi connectivity index (χ1v) is 13.6. The van der Waals surface area contributed by atoms with Crippen molar-refractivity contribution in [3.8, 4) is 11.8 Å². The summed E-state index contributed by atoms with van der Waals surface area (Å²) in [6.07, 6.45) is 3.81. The maximum absolute atomic E-state index is 13.7. The lowest BCUT2D eigenvalue weighted by molar-refractivity contribution is -0.117. The molecule has 1 unspecified atom stereocenters. The fourth-order valence-electron chi connectivity index (χ4n) is 4.22. The van der Waals surface area contributed by atoms with Gasteiger partial charge >= 0.3 is 0 Å². The number of unbranched alkanes of at least 4 members (excludes halogenated alkanes) is 1. The molecule has 1 saturated heterocycles. The summed E-state index contributed by atoms with van der Waals surface area (Å²) in [7, 11) is 1.57. The van der Waals surface area contributed by atoms with Crippen LogP contribution in [0.25, 0.3) is 0 Å². The van der Waals surface area contributed by atoms with Crippen molar-refractivity contribution in [2.45, 2.75) is 44.8 Å². The number of methoxy groups -OCH3 is 1. The van der Waals surface area contributed by atoms with Gasteiger partial charge in [-0.05, 0) is 73.7 Å². The van der Waals surface area contributed by atoms with Crippen molar-refractivity contribution < 1.29 is 14.3 Å². The second kappa shape index (κ2) is 12.5. The van der Waals surface area contributed by atoms with Crippen LogP contribution in [0.1, 0.15) is 36.5 Å². The summed E-state index contributed by atoms with van der Waals surface area (Å²) in [5.74, 6) is -0.0666. The number of nitrogens with zero attached hydrogens (tertiary/aromatic N) is 2. The van der Waals surface area contributed by atoms with Gasteiger partial charge in [-0.15, -0.1) is 0 Å². The van der Waals surface area contributed by atoms with Crippen molar-refractivity contribution in [1.82, 2.24) is 0 Å². The Morgan fingerprint density at radius 3 is 2.29 bits per heavy atom. The van der Waals surface area contributed by atoms with Gasteiger partial charge < -0.3 is 10.1 Å². The number of carbonyl (C=O) groups is 2. The van der Waals surface area contributed by atoms with Crippen LogP contribution in [0, 0.1) is 18.3 Å². The number of nitrogens with one attached hydrogen (secondary N) is 1. The van der Waals surface area contributed by atoms with Gasteiger partial charge in [0.25, 0.3) is 5.91 Å². The summed E-state index contributed by atoms with van der Waals surface area (Å²) in [6.45, 7) is 4.13. The monoisotopic (exact) mass is 525 g/mol. The SMILES string of the molecule is CCCCc1ccc(CC2S/C(=C(/C#N)C(=O)Nc3ccc(C)cc3)N(c3ccc(OC)cc3)C2=O)cc1. The molecule has 1 aliphatic heterocycles. The van der Waals surface area contributed by atoms with Crippen molar-refractivity contribution in [2.75, 3.05) is 17.3 Å². The van der Waals surface area contributed by atoms with E-state index in [0.29, 0.717) is 28.6 Å². The van der Waals surface area contributed by atoms with E-state index in [2.05, 4.69) is 42.6 Å². The number of hydrogen-bond acceptors (Lipinski definition) is 5. The molecule has 2 amide bonds. The van der Waals surface area contributed by atoms with Crippen LogP contribution in [0.3, 0.4) is 0 Å². The van der Waals surface area contributed by atoms with Crippen molar-refractivity contribution in [1.29, 1.82) is 5.26 Å². The molecule has 1 N–H and O–H groups in total. The molecule has 1 aliphatic rings. The second-order valence-electron chi connectivity index (χ2n) is 9.21. The molecule has 0 saturated carbocycles. The molecule has 3 aromatic rings. The Bertz CT molecular complexity index is 1360. The van der Waals surface area contributed by atoms with Crippen molar-refractivity contribution in [2.24, 2.45) is 0 Å². The Balaban J connectivity index is 1.65. The summed E-state index contributed by atoms with van der Waals surface area (Å²) in [6, 6.07) is 24.8. The van der Waals surface area contributed by atoms with Crippen LogP contribution in [-0.4, -0.2) is 24.2 Å². The summed E-state index contributed by atoms with van der Waals surface area (Å²) >= 11 is 1.26. The molecule has 7 heteroatoms. The molecule has 1 fully saturated rings. The van der Waals surface area contributed by atoms with Gasteiger partial charge in [-0.2, -0.15) is 5.26 Å². The maximum Gasteiger partial charge on any atom is 0.269 e. The molecular weight excluding hydrogens is 494 g/mol. The molecule has 6 nitrogen and oxygen atoms in total. The fraction of sp³-hybridized carbons (Fsp3) is 0.258. The van der Waals surface area contributed by atoms with Crippen LogP contribution < -0.4 is 15.0 Å². The number of ether oxygens (including phenoxy) is 1. The summed E-state index contributed by atoms with van der Waals surface area (Å²) < 4.78 is 5.26. The average molecular weight is 526 g/mol. The molecule has 0 aromatic heterocycles. The molecule has 4 rings (SSSR count). The average Bonchev–Trinajstić information content (AvgIpc) is 3.25. The van der Waals surface area contributed by atoms with E-state index in [1.54, 1.807) is 43.5 Å². The van der Waals surface area contributed by atoms with Gasteiger partial charge in [0.15, 0.2) is 0 Å². The zero-order valence-corrected chi connectivity index (χ0v) is 22.7. The van der Waals surface area contributed by atoms with Crippen LogP contribution in [0.4, 0.5) is 11.4 Å². The van der Waals surface area contributed by atoms with Crippen LogP contribution >= 0.6 is 11.8 Å². The third-order valence-corrected chi connectivity index (χ3v) is 7.67. The Hall–Kier alpha value is -4.02. The van der Waals surface area contributed by atoms with Gasteiger partial charge in [-0.1, -0.05) is 67.1 Å². The first-order chi connectivity index (χ1) is 18.4. The largest absolute Gasteiger partial charge is 0.497 e. The molecule has 0 aliphatic carbocycles.